The van der Waals surface area contributed by atoms with Crippen molar-refractivity contribution in [2.45, 2.75) is 25.9 Å². The van der Waals surface area contributed by atoms with E-state index in [9.17, 15) is 17.6 Å². The average molecular weight is 424 g/mol. The molecule has 0 radical (unpaired) electrons. The number of carbonyl (C=O) groups is 1. The van der Waals surface area contributed by atoms with E-state index in [4.69, 9.17) is 9.47 Å². The van der Waals surface area contributed by atoms with Gasteiger partial charge in [-0.15, -0.1) is 0 Å². The molecular formula is C20H25FN2O5S. The van der Waals surface area contributed by atoms with E-state index in [2.05, 4.69) is 5.32 Å². The number of hydrogen-bond acceptors (Lipinski definition) is 5. The van der Waals surface area contributed by atoms with E-state index in [0.717, 1.165) is 16.6 Å². The van der Waals surface area contributed by atoms with Gasteiger partial charge in [-0.3, -0.25) is 9.10 Å². The predicted molar refractivity (Wildman–Crippen MR) is 109 cm³/mol. The molecule has 29 heavy (non-hydrogen) atoms. The number of benzene rings is 2. The fourth-order valence-corrected chi connectivity index (χ4v) is 4.18. The van der Waals surface area contributed by atoms with E-state index in [1.54, 1.807) is 25.1 Å². The first-order valence-corrected chi connectivity index (χ1v) is 10.7. The van der Waals surface area contributed by atoms with Crippen molar-refractivity contribution in [3.8, 4) is 11.5 Å². The van der Waals surface area contributed by atoms with Crippen molar-refractivity contribution in [2.75, 3.05) is 24.8 Å². The molecule has 0 saturated heterocycles. The van der Waals surface area contributed by atoms with Gasteiger partial charge in [-0.05, 0) is 44.2 Å². The molecular weight excluding hydrogens is 399 g/mol. The van der Waals surface area contributed by atoms with Gasteiger partial charge in [-0.25, -0.2) is 12.8 Å². The molecule has 0 spiro atoms. The Morgan fingerprint density at radius 2 is 1.76 bits per heavy atom. The highest BCUT2D eigenvalue weighted by molar-refractivity contribution is 7.92. The van der Waals surface area contributed by atoms with Crippen molar-refractivity contribution in [1.82, 2.24) is 5.32 Å². The number of hydrogen-bond donors (Lipinski definition) is 1. The second-order valence-electron chi connectivity index (χ2n) is 6.52. The molecule has 1 amide bonds. The van der Waals surface area contributed by atoms with Gasteiger partial charge < -0.3 is 14.8 Å². The van der Waals surface area contributed by atoms with Gasteiger partial charge in [0.15, 0.2) is 0 Å². The highest BCUT2D eigenvalue weighted by Crippen LogP contribution is 2.30. The van der Waals surface area contributed by atoms with Crippen molar-refractivity contribution < 1.29 is 27.1 Å². The normalized spacial score (nSPS) is 13.3. The Labute approximate surface area is 170 Å². The molecule has 2 atom stereocenters. The third-order valence-electron chi connectivity index (χ3n) is 4.44. The van der Waals surface area contributed by atoms with E-state index in [1.807, 2.05) is 0 Å². The molecule has 158 valence electrons. The zero-order valence-corrected chi connectivity index (χ0v) is 17.8. The lowest BCUT2D eigenvalue weighted by molar-refractivity contribution is -0.122. The molecule has 0 fully saturated rings. The predicted octanol–water partition coefficient (Wildman–Crippen LogP) is 2.87. The summed E-state index contributed by atoms with van der Waals surface area (Å²) in [5.74, 6) is -0.199. The Bertz CT molecular complexity index is 981. The Balaban J connectivity index is 2.32. The Morgan fingerprint density at radius 3 is 2.31 bits per heavy atom. The monoisotopic (exact) mass is 424 g/mol. The van der Waals surface area contributed by atoms with Crippen LogP contribution < -0.4 is 19.1 Å². The lowest BCUT2D eigenvalue weighted by atomic mass is 10.1. The minimum absolute atomic E-state index is 0.190. The maximum atomic E-state index is 14.2. The Kier molecular flexibility index (Phi) is 7.07. The summed E-state index contributed by atoms with van der Waals surface area (Å²) >= 11 is 0. The number of methoxy groups -OCH3 is 2. The third kappa shape index (κ3) is 5.17. The smallest absolute Gasteiger partial charge is 0.244 e. The maximum absolute atomic E-state index is 14.2. The lowest BCUT2D eigenvalue weighted by Gasteiger charge is -2.29. The van der Waals surface area contributed by atoms with Crippen molar-refractivity contribution >= 4 is 21.6 Å². The Morgan fingerprint density at radius 1 is 1.10 bits per heavy atom. The van der Waals surface area contributed by atoms with Crippen LogP contribution in [0.15, 0.2) is 42.5 Å². The summed E-state index contributed by atoms with van der Waals surface area (Å²) in [4.78, 5) is 12.8. The fraction of sp³-hybridized carbons (Fsp3) is 0.350. The number of sulfonamides is 1. The maximum Gasteiger partial charge on any atom is 0.244 e. The van der Waals surface area contributed by atoms with Crippen molar-refractivity contribution in [3.63, 3.8) is 0 Å². The number of nitrogens with zero attached hydrogens (tertiary/aromatic N) is 1. The SMILES string of the molecule is COc1ccc(OC)c([C@H](C)NC(=O)[C@@H](C)N(c2ccccc2F)S(C)(=O)=O)c1. The van der Waals surface area contributed by atoms with Gasteiger partial charge in [0.05, 0.1) is 32.2 Å². The molecule has 7 nitrogen and oxygen atoms in total. The van der Waals surface area contributed by atoms with Gasteiger partial charge in [0, 0.05) is 5.56 Å². The number of nitrogens with one attached hydrogen (secondary N) is 1. The van der Waals surface area contributed by atoms with Crippen LogP contribution in [0.4, 0.5) is 10.1 Å². The van der Waals surface area contributed by atoms with Crippen LogP contribution in [0.2, 0.25) is 0 Å². The second-order valence-corrected chi connectivity index (χ2v) is 8.38. The zero-order valence-electron chi connectivity index (χ0n) is 17.0. The Hall–Kier alpha value is -2.81. The molecule has 0 heterocycles. The molecule has 0 aromatic heterocycles. The zero-order chi connectivity index (χ0) is 21.8. The van der Waals surface area contributed by atoms with Crippen LogP contribution in [0.3, 0.4) is 0 Å². The number of amides is 1. The summed E-state index contributed by atoms with van der Waals surface area (Å²) in [5.41, 5.74) is 0.466. The molecule has 0 aliphatic heterocycles. The van der Waals surface area contributed by atoms with E-state index < -0.39 is 33.8 Å². The van der Waals surface area contributed by atoms with Crippen LogP contribution in [0.1, 0.15) is 25.5 Å². The van der Waals surface area contributed by atoms with Crippen LogP contribution in [-0.2, 0) is 14.8 Å². The van der Waals surface area contributed by atoms with Crippen LogP contribution in [-0.4, -0.2) is 40.8 Å². The molecule has 2 aromatic carbocycles. The summed E-state index contributed by atoms with van der Waals surface area (Å²) in [6, 6.07) is 8.87. The number of rotatable bonds is 8. The van der Waals surface area contributed by atoms with E-state index in [0.29, 0.717) is 17.1 Å². The van der Waals surface area contributed by atoms with Gasteiger partial charge >= 0.3 is 0 Å². The summed E-state index contributed by atoms with van der Waals surface area (Å²) in [6.45, 7) is 3.13. The molecule has 0 aliphatic carbocycles. The van der Waals surface area contributed by atoms with Crippen LogP contribution in [0.5, 0.6) is 11.5 Å². The standard InChI is InChI=1S/C20H25FN2O5S/c1-13(16-12-15(27-3)10-11-19(16)28-4)22-20(24)14(2)23(29(5,25)26)18-9-7-6-8-17(18)21/h6-14H,1-5H3,(H,22,24)/t13-,14+/m0/s1. The molecule has 0 unspecified atom stereocenters. The molecule has 0 saturated carbocycles. The van der Waals surface area contributed by atoms with Gasteiger partial charge in [-0.2, -0.15) is 0 Å². The third-order valence-corrected chi connectivity index (χ3v) is 5.67. The van der Waals surface area contributed by atoms with Crippen molar-refractivity contribution in [3.05, 3.63) is 53.8 Å². The summed E-state index contributed by atoms with van der Waals surface area (Å²) < 4.78 is 50.2. The topological polar surface area (TPSA) is 84.9 Å². The lowest BCUT2D eigenvalue weighted by Crippen LogP contribution is -2.48. The molecule has 2 rings (SSSR count). The van der Waals surface area contributed by atoms with Crippen LogP contribution in [0.25, 0.3) is 0 Å². The highest BCUT2D eigenvalue weighted by Gasteiger charge is 2.31. The molecule has 2 aromatic rings. The van der Waals surface area contributed by atoms with Crippen LogP contribution in [0, 0.1) is 5.82 Å². The van der Waals surface area contributed by atoms with Gasteiger partial charge in [0.2, 0.25) is 15.9 Å². The highest BCUT2D eigenvalue weighted by atomic mass is 32.2. The van der Waals surface area contributed by atoms with Gasteiger partial charge in [0.1, 0.15) is 23.4 Å². The summed E-state index contributed by atoms with van der Waals surface area (Å²) in [6.07, 6.45) is 0.928. The first-order chi connectivity index (χ1) is 13.6. The largest absolute Gasteiger partial charge is 0.497 e. The minimum atomic E-state index is -3.92. The molecule has 0 bridgehead atoms. The summed E-state index contributed by atoms with van der Waals surface area (Å²) in [7, 11) is -0.892. The number of anilines is 1. The summed E-state index contributed by atoms with van der Waals surface area (Å²) in [5, 5.41) is 2.76. The second kappa shape index (κ2) is 9.13. The molecule has 0 aliphatic rings. The average Bonchev–Trinajstić information content (AvgIpc) is 2.67. The number of halogens is 1. The molecule has 9 heteroatoms. The number of carbonyl (C=O) groups excluding carboxylic acids is 1. The first kappa shape index (κ1) is 22.5. The van der Waals surface area contributed by atoms with Gasteiger partial charge in [-0.1, -0.05) is 12.1 Å². The first-order valence-electron chi connectivity index (χ1n) is 8.86. The van der Waals surface area contributed by atoms with E-state index >= 15 is 0 Å². The van der Waals surface area contributed by atoms with E-state index in [1.165, 1.54) is 39.3 Å². The van der Waals surface area contributed by atoms with Crippen molar-refractivity contribution in [2.24, 2.45) is 0 Å². The minimum Gasteiger partial charge on any atom is -0.497 e. The van der Waals surface area contributed by atoms with Gasteiger partial charge in [0.25, 0.3) is 0 Å². The van der Waals surface area contributed by atoms with E-state index in [-0.39, 0.29) is 5.69 Å². The quantitative estimate of drug-likeness (QED) is 0.704. The fourth-order valence-electron chi connectivity index (χ4n) is 3.00. The van der Waals surface area contributed by atoms with Crippen LogP contribution >= 0.6 is 0 Å². The van der Waals surface area contributed by atoms with Crippen molar-refractivity contribution in [1.29, 1.82) is 0 Å². The number of ether oxygens (including phenoxy) is 2. The molecule has 1 N–H and O–H groups in total. The number of para-hydroxylation sites is 1.